The standard InChI is InChI=1S/C25H32FN5O6S/c1-38(36,37)29-20-7-4-6-19(13-20)28-23(32)16-30-9-10-31(21(15-30)14-25(34)35)24(33)12-18(27)11-17-5-2-3-8-22(17)26/h2-8,13,18,21,29H,9-12,14-16,27H2,1H3,(H,28,32)(H,34,35)/t18-,21?/m1/s1. The second kappa shape index (κ2) is 12.8. The lowest BCUT2D eigenvalue weighted by atomic mass is 10.0. The lowest BCUT2D eigenvalue weighted by Gasteiger charge is -2.41. The fourth-order valence-corrected chi connectivity index (χ4v) is 4.96. The highest BCUT2D eigenvalue weighted by Gasteiger charge is 2.33. The number of aliphatic carboxylic acids is 1. The van der Waals surface area contributed by atoms with Crippen molar-refractivity contribution in [1.29, 1.82) is 0 Å². The Morgan fingerprint density at radius 2 is 1.84 bits per heavy atom. The average Bonchev–Trinajstić information content (AvgIpc) is 2.79. The summed E-state index contributed by atoms with van der Waals surface area (Å²) in [5.41, 5.74) is 7.20. The van der Waals surface area contributed by atoms with E-state index in [1.165, 1.54) is 17.0 Å². The average molecular weight is 550 g/mol. The van der Waals surface area contributed by atoms with Crippen molar-refractivity contribution in [2.45, 2.75) is 31.3 Å². The highest BCUT2D eigenvalue weighted by atomic mass is 32.2. The second-order valence-corrected chi connectivity index (χ2v) is 11.1. The zero-order chi connectivity index (χ0) is 27.9. The largest absolute Gasteiger partial charge is 0.481 e. The molecular weight excluding hydrogens is 517 g/mol. The van der Waals surface area contributed by atoms with Crippen molar-refractivity contribution >= 4 is 39.2 Å². The summed E-state index contributed by atoms with van der Waals surface area (Å²) in [7, 11) is -3.47. The van der Waals surface area contributed by atoms with E-state index in [4.69, 9.17) is 5.73 Å². The molecule has 38 heavy (non-hydrogen) atoms. The molecule has 0 spiro atoms. The third kappa shape index (κ3) is 9.08. The van der Waals surface area contributed by atoms with E-state index in [2.05, 4.69) is 10.0 Å². The molecule has 1 unspecified atom stereocenters. The molecule has 11 nitrogen and oxygen atoms in total. The zero-order valence-electron chi connectivity index (χ0n) is 21.0. The lowest BCUT2D eigenvalue weighted by Crippen LogP contribution is -2.57. The molecule has 2 aromatic carbocycles. The fourth-order valence-electron chi connectivity index (χ4n) is 4.41. The van der Waals surface area contributed by atoms with Gasteiger partial charge >= 0.3 is 5.97 Å². The van der Waals surface area contributed by atoms with Crippen LogP contribution in [0.15, 0.2) is 48.5 Å². The minimum atomic E-state index is -3.47. The highest BCUT2D eigenvalue weighted by molar-refractivity contribution is 7.92. The third-order valence-electron chi connectivity index (χ3n) is 5.99. The van der Waals surface area contributed by atoms with Gasteiger partial charge in [-0.2, -0.15) is 0 Å². The van der Waals surface area contributed by atoms with Gasteiger partial charge in [-0.15, -0.1) is 0 Å². The van der Waals surface area contributed by atoms with Crippen LogP contribution in [0.2, 0.25) is 0 Å². The summed E-state index contributed by atoms with van der Waals surface area (Å²) in [6.45, 7) is 0.677. The first-order valence-corrected chi connectivity index (χ1v) is 13.9. The van der Waals surface area contributed by atoms with Crippen LogP contribution in [-0.2, 0) is 30.8 Å². The molecule has 3 rings (SSSR count). The van der Waals surface area contributed by atoms with E-state index >= 15 is 0 Å². The van der Waals surface area contributed by atoms with Crippen molar-refractivity contribution in [1.82, 2.24) is 9.80 Å². The molecule has 1 aliphatic heterocycles. The summed E-state index contributed by atoms with van der Waals surface area (Å²) in [6.07, 6.45) is 0.824. The predicted octanol–water partition coefficient (Wildman–Crippen LogP) is 1.08. The number of nitrogens with zero attached hydrogens (tertiary/aromatic N) is 2. The normalized spacial score (nSPS) is 17.0. The summed E-state index contributed by atoms with van der Waals surface area (Å²) in [6, 6.07) is 11.1. The number of nitrogens with one attached hydrogen (secondary N) is 2. The molecule has 0 radical (unpaired) electrons. The molecule has 2 aromatic rings. The molecule has 1 heterocycles. The number of amides is 2. The van der Waals surface area contributed by atoms with Crippen LogP contribution in [0.4, 0.5) is 15.8 Å². The van der Waals surface area contributed by atoms with Crippen LogP contribution in [-0.4, -0.2) is 85.6 Å². The summed E-state index contributed by atoms with van der Waals surface area (Å²) in [5.74, 6) is -2.17. The zero-order valence-corrected chi connectivity index (χ0v) is 21.8. The fraction of sp³-hybridized carbons (Fsp3) is 0.400. The van der Waals surface area contributed by atoms with E-state index in [1.807, 2.05) is 0 Å². The van der Waals surface area contributed by atoms with Crippen molar-refractivity contribution in [2.24, 2.45) is 5.73 Å². The maximum atomic E-state index is 13.9. The molecule has 13 heteroatoms. The minimum absolute atomic E-state index is 0.0469. The van der Waals surface area contributed by atoms with Gasteiger partial charge in [-0.05, 0) is 36.2 Å². The number of carbonyl (C=O) groups is 3. The number of rotatable bonds is 11. The van der Waals surface area contributed by atoms with Crippen LogP contribution in [0.5, 0.6) is 0 Å². The van der Waals surface area contributed by atoms with Gasteiger partial charge in [0.2, 0.25) is 21.8 Å². The number of piperazine rings is 1. The van der Waals surface area contributed by atoms with E-state index in [-0.39, 0.29) is 50.7 Å². The Morgan fingerprint density at radius 3 is 2.53 bits per heavy atom. The maximum absolute atomic E-state index is 13.9. The van der Waals surface area contributed by atoms with Crippen LogP contribution < -0.4 is 15.8 Å². The number of benzene rings is 2. The first kappa shape index (κ1) is 29.0. The molecule has 1 fully saturated rings. The number of carboxylic acid groups (broad SMARTS) is 1. The van der Waals surface area contributed by atoms with Crippen molar-refractivity contribution in [3.8, 4) is 0 Å². The number of anilines is 2. The van der Waals surface area contributed by atoms with Gasteiger partial charge in [-0.1, -0.05) is 24.3 Å². The van der Waals surface area contributed by atoms with Gasteiger partial charge in [0.25, 0.3) is 0 Å². The minimum Gasteiger partial charge on any atom is -0.481 e. The molecule has 0 aliphatic carbocycles. The smallest absolute Gasteiger partial charge is 0.305 e. The van der Waals surface area contributed by atoms with Gasteiger partial charge in [-0.25, -0.2) is 12.8 Å². The van der Waals surface area contributed by atoms with Crippen molar-refractivity contribution in [3.05, 3.63) is 59.9 Å². The number of hydrogen-bond acceptors (Lipinski definition) is 7. The monoisotopic (exact) mass is 549 g/mol. The lowest BCUT2D eigenvalue weighted by molar-refractivity contribution is -0.143. The second-order valence-electron chi connectivity index (χ2n) is 9.34. The van der Waals surface area contributed by atoms with Crippen molar-refractivity contribution in [3.63, 3.8) is 0 Å². The van der Waals surface area contributed by atoms with Gasteiger partial charge in [0.05, 0.1) is 31.0 Å². The number of carboxylic acids is 1. The molecule has 2 amide bonds. The number of nitrogens with two attached hydrogens (primary N) is 1. The van der Waals surface area contributed by atoms with E-state index < -0.39 is 33.9 Å². The maximum Gasteiger partial charge on any atom is 0.305 e. The Bertz CT molecular complexity index is 1270. The van der Waals surface area contributed by atoms with E-state index in [0.29, 0.717) is 23.5 Å². The molecule has 1 saturated heterocycles. The van der Waals surface area contributed by atoms with Crippen LogP contribution >= 0.6 is 0 Å². The molecule has 2 atom stereocenters. The van der Waals surface area contributed by atoms with Crippen LogP contribution in [0.3, 0.4) is 0 Å². The van der Waals surface area contributed by atoms with Crippen LogP contribution in [0, 0.1) is 5.82 Å². The Kier molecular flexibility index (Phi) is 9.78. The number of hydrogen-bond donors (Lipinski definition) is 4. The molecule has 1 aliphatic rings. The van der Waals surface area contributed by atoms with E-state index in [0.717, 1.165) is 6.26 Å². The van der Waals surface area contributed by atoms with Crippen LogP contribution in [0.25, 0.3) is 0 Å². The molecule has 206 valence electrons. The van der Waals surface area contributed by atoms with Gasteiger partial charge in [0.15, 0.2) is 0 Å². The summed E-state index contributed by atoms with van der Waals surface area (Å²) in [4.78, 5) is 40.3. The Balaban J connectivity index is 1.57. The quantitative estimate of drug-likeness (QED) is 0.324. The number of sulfonamides is 1. The first-order chi connectivity index (χ1) is 17.9. The summed E-state index contributed by atoms with van der Waals surface area (Å²) >= 11 is 0. The third-order valence-corrected chi connectivity index (χ3v) is 6.60. The molecule has 0 saturated carbocycles. The highest BCUT2D eigenvalue weighted by Crippen LogP contribution is 2.19. The van der Waals surface area contributed by atoms with Gasteiger partial charge < -0.3 is 21.1 Å². The predicted molar refractivity (Wildman–Crippen MR) is 140 cm³/mol. The number of carbonyl (C=O) groups excluding carboxylic acids is 2. The summed E-state index contributed by atoms with van der Waals surface area (Å²) < 4.78 is 39.1. The van der Waals surface area contributed by atoms with Crippen LogP contribution in [0.1, 0.15) is 18.4 Å². The molecular formula is C25H32FN5O6S. The molecule has 0 bridgehead atoms. The topological polar surface area (TPSA) is 162 Å². The molecule has 5 N–H and O–H groups in total. The molecule has 0 aromatic heterocycles. The van der Waals surface area contributed by atoms with Crippen molar-refractivity contribution in [2.75, 3.05) is 42.5 Å². The summed E-state index contributed by atoms with van der Waals surface area (Å²) in [5, 5.41) is 12.1. The van der Waals surface area contributed by atoms with E-state index in [1.54, 1.807) is 41.3 Å². The first-order valence-electron chi connectivity index (χ1n) is 12.0. The Labute approximate surface area is 220 Å². The Hall–Kier alpha value is -3.55. The van der Waals surface area contributed by atoms with Gasteiger partial charge in [0.1, 0.15) is 5.82 Å². The number of halogens is 1. The van der Waals surface area contributed by atoms with Gasteiger partial charge in [-0.3, -0.25) is 24.0 Å². The van der Waals surface area contributed by atoms with Crippen molar-refractivity contribution < 1.29 is 32.3 Å². The SMILES string of the molecule is CS(=O)(=O)Nc1cccc(NC(=O)CN2CCN(C(=O)C[C@H](N)Cc3ccccc3F)C(CC(=O)O)C2)c1. The van der Waals surface area contributed by atoms with E-state index in [9.17, 15) is 32.3 Å². The Morgan fingerprint density at radius 1 is 1.13 bits per heavy atom. The van der Waals surface area contributed by atoms with Gasteiger partial charge in [0, 0.05) is 37.8 Å².